The van der Waals surface area contributed by atoms with Crippen molar-refractivity contribution < 1.29 is 50.4 Å². The third-order valence-electron chi connectivity index (χ3n) is 4.86. The Morgan fingerprint density at radius 2 is 1.88 bits per heavy atom. The molecule has 0 atom stereocenters. The Labute approximate surface area is 241 Å². The van der Waals surface area contributed by atoms with Gasteiger partial charge >= 0.3 is 22.5 Å². The Kier molecular flexibility index (Phi) is 12.5. The van der Waals surface area contributed by atoms with Crippen LogP contribution in [0, 0.1) is 0 Å². The van der Waals surface area contributed by atoms with Crippen LogP contribution >= 0.6 is 11.6 Å². The van der Waals surface area contributed by atoms with Crippen LogP contribution in [-0.4, -0.2) is 62.7 Å². The molecule has 0 saturated heterocycles. The number of ether oxygens (including phenoxy) is 4. The first-order chi connectivity index (χ1) is 18.9. The van der Waals surface area contributed by atoms with Crippen LogP contribution in [0.3, 0.4) is 0 Å². The van der Waals surface area contributed by atoms with E-state index in [1.165, 1.54) is 6.07 Å². The molecule has 0 aliphatic carbocycles. The molecule has 1 aromatic heterocycles. The lowest BCUT2D eigenvalue weighted by molar-refractivity contribution is -0.137. The van der Waals surface area contributed by atoms with Gasteiger partial charge in [0.25, 0.3) is 0 Å². The molecule has 2 rings (SSSR count). The van der Waals surface area contributed by atoms with Crippen molar-refractivity contribution in [3.05, 3.63) is 46.6 Å². The molecule has 0 aliphatic heterocycles. The second-order valence-electron chi connectivity index (χ2n) is 9.64. The van der Waals surface area contributed by atoms with Gasteiger partial charge in [-0.15, -0.1) is 0 Å². The molecule has 230 valence electrons. The molecule has 0 radical (unpaired) electrons. The van der Waals surface area contributed by atoms with Gasteiger partial charge in [0.05, 0.1) is 30.5 Å². The molecule has 1 amide bonds. The number of aliphatic hydroxyl groups is 1. The summed E-state index contributed by atoms with van der Waals surface area (Å²) in [5.41, 5.74) is -1.66. The van der Waals surface area contributed by atoms with E-state index >= 15 is 0 Å². The number of nitrogens with zero attached hydrogens (tertiary/aromatic N) is 1. The molecule has 0 saturated carbocycles. The van der Waals surface area contributed by atoms with Gasteiger partial charge < -0.3 is 24.1 Å². The van der Waals surface area contributed by atoms with Gasteiger partial charge in [-0.1, -0.05) is 17.7 Å². The van der Waals surface area contributed by atoms with Gasteiger partial charge in [-0.3, -0.25) is 0 Å². The SMILES string of the molecule is CC(C)OCCNS(=O)(=O)NC(=O)OCCCc1ccc(OCC(C)(C)O)cc1Oc1ncc(C(F)(F)F)cc1Cl. The van der Waals surface area contributed by atoms with E-state index in [2.05, 4.69) is 9.71 Å². The van der Waals surface area contributed by atoms with Crippen molar-refractivity contribution in [3.63, 3.8) is 0 Å². The maximum Gasteiger partial charge on any atom is 0.421 e. The molecule has 1 heterocycles. The number of aryl methyl sites for hydroxylation is 1. The standard InChI is InChI=1S/C25H33ClF3N3O8S/c1-16(2)37-11-9-31-41(35,36)32-23(33)38-10-5-6-17-7-8-19(39-15-24(3,4)34)13-21(17)40-22-20(26)12-18(14-30-22)25(27,28)29/h7-8,12-14,16,31,34H,5-6,9-11,15H2,1-4H3,(H,32,33). The van der Waals surface area contributed by atoms with Crippen molar-refractivity contribution in [2.24, 2.45) is 0 Å². The Morgan fingerprint density at radius 3 is 2.49 bits per heavy atom. The summed E-state index contributed by atoms with van der Waals surface area (Å²) in [6.45, 7) is 6.51. The number of hydrogen-bond acceptors (Lipinski definition) is 9. The number of carbonyl (C=O) groups excluding carboxylic acids is 1. The number of amides is 1. The molecule has 11 nitrogen and oxygen atoms in total. The summed E-state index contributed by atoms with van der Waals surface area (Å²) < 4.78 is 88.1. The van der Waals surface area contributed by atoms with E-state index in [9.17, 15) is 31.5 Å². The Bertz CT molecular complexity index is 1270. The number of aromatic nitrogens is 1. The lowest BCUT2D eigenvalue weighted by atomic mass is 10.1. The number of benzene rings is 1. The Hall–Kier alpha value is -2.85. The predicted octanol–water partition coefficient (Wildman–Crippen LogP) is 4.61. The fourth-order valence-corrected chi connectivity index (χ4v) is 3.93. The van der Waals surface area contributed by atoms with Crippen LogP contribution in [-0.2, 0) is 32.3 Å². The van der Waals surface area contributed by atoms with E-state index in [4.69, 9.17) is 30.5 Å². The van der Waals surface area contributed by atoms with Crippen LogP contribution in [0.25, 0.3) is 0 Å². The number of hydrogen-bond donors (Lipinski definition) is 3. The molecule has 3 N–H and O–H groups in total. The van der Waals surface area contributed by atoms with Crippen LogP contribution < -0.4 is 18.9 Å². The van der Waals surface area contributed by atoms with Crippen LogP contribution in [0.5, 0.6) is 17.4 Å². The van der Waals surface area contributed by atoms with Gasteiger partial charge in [-0.25, -0.2) is 14.5 Å². The smallest absolute Gasteiger partial charge is 0.421 e. The molecule has 2 aromatic rings. The molecule has 0 unspecified atom stereocenters. The van der Waals surface area contributed by atoms with E-state index in [1.807, 2.05) is 0 Å². The number of pyridine rings is 1. The zero-order valence-electron chi connectivity index (χ0n) is 22.9. The minimum atomic E-state index is -4.64. The minimum Gasteiger partial charge on any atom is -0.490 e. The molecule has 16 heteroatoms. The molecular formula is C25H33ClF3N3O8S. The molecule has 41 heavy (non-hydrogen) atoms. The Balaban J connectivity index is 2.05. The molecule has 0 spiro atoms. The highest BCUT2D eigenvalue weighted by molar-refractivity contribution is 7.88. The average Bonchev–Trinajstić information content (AvgIpc) is 2.84. The van der Waals surface area contributed by atoms with Crippen molar-refractivity contribution >= 4 is 27.9 Å². The zero-order valence-corrected chi connectivity index (χ0v) is 24.5. The van der Waals surface area contributed by atoms with Crippen molar-refractivity contribution in [2.45, 2.75) is 58.4 Å². The summed E-state index contributed by atoms with van der Waals surface area (Å²) in [7, 11) is -4.14. The fourth-order valence-electron chi connectivity index (χ4n) is 3.02. The van der Waals surface area contributed by atoms with Gasteiger partial charge in [0, 0.05) is 18.8 Å². The van der Waals surface area contributed by atoms with Gasteiger partial charge in [0.1, 0.15) is 23.1 Å². The highest BCUT2D eigenvalue weighted by Gasteiger charge is 2.32. The lowest BCUT2D eigenvalue weighted by Gasteiger charge is -2.19. The first kappa shape index (κ1) is 34.4. The third-order valence-corrected chi connectivity index (χ3v) is 6.15. The summed E-state index contributed by atoms with van der Waals surface area (Å²) in [6, 6.07) is 5.34. The summed E-state index contributed by atoms with van der Waals surface area (Å²) >= 11 is 5.99. The van der Waals surface area contributed by atoms with E-state index in [0.717, 1.165) is 0 Å². The fraction of sp³-hybridized carbons (Fsp3) is 0.520. The molecule has 0 fully saturated rings. The van der Waals surface area contributed by atoms with Crippen molar-refractivity contribution in [2.75, 3.05) is 26.4 Å². The maximum atomic E-state index is 13.0. The minimum absolute atomic E-state index is 0.0448. The van der Waals surface area contributed by atoms with Gasteiger partial charge in [-0.2, -0.15) is 26.3 Å². The second kappa shape index (κ2) is 14.9. The van der Waals surface area contributed by atoms with Crippen molar-refractivity contribution in [1.82, 2.24) is 14.4 Å². The summed E-state index contributed by atoms with van der Waals surface area (Å²) in [5.74, 6) is 0.154. The first-order valence-electron chi connectivity index (χ1n) is 12.4. The molecule has 1 aromatic carbocycles. The van der Waals surface area contributed by atoms with E-state index in [0.29, 0.717) is 23.6 Å². The van der Waals surface area contributed by atoms with Crippen molar-refractivity contribution in [1.29, 1.82) is 0 Å². The predicted molar refractivity (Wildman–Crippen MR) is 143 cm³/mol. The number of carbonyl (C=O) groups is 1. The van der Waals surface area contributed by atoms with Crippen LogP contribution in [0.4, 0.5) is 18.0 Å². The third kappa shape index (κ3) is 13.1. The second-order valence-corrected chi connectivity index (χ2v) is 11.5. The normalized spacial score (nSPS) is 12.3. The number of nitrogens with one attached hydrogen (secondary N) is 2. The number of halogens is 4. The Morgan fingerprint density at radius 1 is 1.17 bits per heavy atom. The maximum absolute atomic E-state index is 13.0. The summed E-state index contributed by atoms with van der Waals surface area (Å²) in [5, 5.41) is 9.55. The highest BCUT2D eigenvalue weighted by Crippen LogP contribution is 2.36. The molecule has 0 aliphatic rings. The van der Waals surface area contributed by atoms with E-state index < -0.39 is 33.6 Å². The van der Waals surface area contributed by atoms with Crippen LogP contribution in [0.15, 0.2) is 30.5 Å². The first-order valence-corrected chi connectivity index (χ1v) is 14.3. The van der Waals surface area contributed by atoms with Crippen LogP contribution in [0.2, 0.25) is 5.02 Å². The van der Waals surface area contributed by atoms with Crippen LogP contribution in [0.1, 0.15) is 45.2 Å². The number of rotatable bonds is 15. The largest absolute Gasteiger partial charge is 0.490 e. The summed E-state index contributed by atoms with van der Waals surface area (Å²) in [6.07, 6.45) is -4.86. The monoisotopic (exact) mass is 627 g/mol. The molecular weight excluding hydrogens is 595 g/mol. The average molecular weight is 628 g/mol. The highest BCUT2D eigenvalue weighted by atomic mass is 35.5. The van der Waals surface area contributed by atoms with E-state index in [-0.39, 0.29) is 62.0 Å². The molecule has 0 bridgehead atoms. The zero-order chi connectivity index (χ0) is 30.8. The van der Waals surface area contributed by atoms with Gasteiger partial charge in [-0.05, 0) is 58.2 Å². The quantitative estimate of drug-likeness (QED) is 0.241. The van der Waals surface area contributed by atoms with Gasteiger partial charge in [0.15, 0.2) is 0 Å². The summed E-state index contributed by atoms with van der Waals surface area (Å²) in [4.78, 5) is 15.6. The van der Waals surface area contributed by atoms with Crippen molar-refractivity contribution in [3.8, 4) is 17.4 Å². The van der Waals surface area contributed by atoms with E-state index in [1.54, 1.807) is 44.5 Å². The lowest BCUT2D eigenvalue weighted by Crippen LogP contribution is -2.42. The number of alkyl halides is 3. The van der Waals surface area contributed by atoms with Gasteiger partial charge in [0.2, 0.25) is 5.88 Å². The topological polar surface area (TPSA) is 145 Å².